The summed E-state index contributed by atoms with van der Waals surface area (Å²) >= 11 is 2.73. The van der Waals surface area contributed by atoms with Crippen molar-refractivity contribution in [3.8, 4) is 11.5 Å². The highest BCUT2D eigenvalue weighted by Crippen LogP contribution is 2.33. The van der Waals surface area contributed by atoms with Crippen LogP contribution < -0.4 is 14.8 Å². The number of fused-ring (bicyclic) bond motifs is 1. The minimum Gasteiger partial charge on any atom is -0.493 e. The number of nitrogens with zero attached hydrogens (tertiary/aromatic N) is 3. The van der Waals surface area contributed by atoms with Crippen molar-refractivity contribution in [2.75, 3.05) is 25.3 Å². The summed E-state index contributed by atoms with van der Waals surface area (Å²) in [6.07, 6.45) is 0. The molecule has 0 fully saturated rings. The van der Waals surface area contributed by atoms with Crippen LogP contribution in [-0.4, -0.2) is 41.1 Å². The molecule has 1 amide bonds. The average molecular weight is 390 g/mol. The maximum Gasteiger partial charge on any atom is 0.236 e. The molecule has 3 aromatic rings. The van der Waals surface area contributed by atoms with E-state index in [-0.39, 0.29) is 11.7 Å². The predicted molar refractivity (Wildman–Crippen MR) is 104 cm³/mol. The zero-order valence-corrected chi connectivity index (χ0v) is 16.5. The van der Waals surface area contributed by atoms with Gasteiger partial charge >= 0.3 is 0 Å². The molecule has 1 aromatic carbocycles. The zero-order valence-electron chi connectivity index (χ0n) is 14.8. The van der Waals surface area contributed by atoms with Crippen molar-refractivity contribution >= 4 is 45.0 Å². The number of anilines is 1. The summed E-state index contributed by atoms with van der Waals surface area (Å²) in [7, 11) is 3.19. The second-order valence-corrected chi connectivity index (χ2v) is 7.62. The third-order valence-electron chi connectivity index (χ3n) is 3.58. The van der Waals surface area contributed by atoms with Gasteiger partial charge in [0.2, 0.25) is 11.0 Å². The highest BCUT2D eigenvalue weighted by molar-refractivity contribution is 8.00. The molecule has 0 saturated heterocycles. The summed E-state index contributed by atoms with van der Waals surface area (Å²) in [5.74, 6) is 1.38. The molecule has 9 heteroatoms. The van der Waals surface area contributed by atoms with E-state index in [0.717, 1.165) is 26.5 Å². The fourth-order valence-electron chi connectivity index (χ4n) is 2.37. The standard InChI is InChI=1S/C17H18N4O3S2/c1-9-5-11-6-13(23-3)14(24-4)7-12(11)18-16(9)25-8-15(22)19-17-21-20-10(2)26-17/h5-7H,8H2,1-4H3,(H,19,21,22). The number of hydrogen-bond donors (Lipinski definition) is 1. The Labute approximate surface area is 159 Å². The van der Waals surface area contributed by atoms with E-state index in [2.05, 4.69) is 20.5 Å². The molecule has 3 rings (SSSR count). The fraction of sp³-hybridized carbons (Fsp3) is 0.294. The van der Waals surface area contributed by atoms with E-state index >= 15 is 0 Å². The van der Waals surface area contributed by atoms with Crippen LogP contribution in [0, 0.1) is 13.8 Å². The molecule has 0 aliphatic carbocycles. The zero-order chi connectivity index (χ0) is 18.7. The Morgan fingerprint density at radius 2 is 1.88 bits per heavy atom. The van der Waals surface area contributed by atoms with Gasteiger partial charge in [-0.05, 0) is 31.5 Å². The summed E-state index contributed by atoms with van der Waals surface area (Å²) in [4.78, 5) is 16.8. The first-order valence-electron chi connectivity index (χ1n) is 7.76. The molecule has 7 nitrogen and oxygen atoms in total. The first kappa shape index (κ1) is 18.4. The van der Waals surface area contributed by atoms with Gasteiger partial charge in [0.25, 0.3) is 0 Å². The van der Waals surface area contributed by atoms with E-state index in [1.165, 1.54) is 23.1 Å². The second-order valence-electron chi connectivity index (χ2n) is 5.47. The van der Waals surface area contributed by atoms with Gasteiger partial charge < -0.3 is 9.47 Å². The highest BCUT2D eigenvalue weighted by Gasteiger charge is 2.12. The molecule has 2 aromatic heterocycles. The molecule has 1 N–H and O–H groups in total. The molecule has 0 atom stereocenters. The van der Waals surface area contributed by atoms with E-state index in [9.17, 15) is 4.79 Å². The average Bonchev–Trinajstić information content (AvgIpc) is 3.03. The predicted octanol–water partition coefficient (Wildman–Crippen LogP) is 3.45. The number of benzene rings is 1. The number of carbonyl (C=O) groups excluding carboxylic acids is 1. The van der Waals surface area contributed by atoms with Gasteiger partial charge in [-0.3, -0.25) is 10.1 Å². The maximum atomic E-state index is 12.1. The van der Waals surface area contributed by atoms with Crippen LogP contribution in [0.4, 0.5) is 5.13 Å². The van der Waals surface area contributed by atoms with Gasteiger partial charge in [-0.15, -0.1) is 10.2 Å². The number of rotatable bonds is 6. The Balaban J connectivity index is 1.76. The monoisotopic (exact) mass is 390 g/mol. The fourth-order valence-corrected chi connectivity index (χ4v) is 3.77. The number of aromatic nitrogens is 3. The number of carbonyl (C=O) groups is 1. The van der Waals surface area contributed by atoms with Gasteiger partial charge in [0, 0.05) is 11.5 Å². The molecule has 0 radical (unpaired) electrons. The topological polar surface area (TPSA) is 86.2 Å². The SMILES string of the molecule is COc1cc2cc(C)c(SCC(=O)Nc3nnc(C)s3)nc2cc1OC. The summed E-state index contributed by atoms with van der Waals surface area (Å²) in [5.41, 5.74) is 1.78. The summed E-state index contributed by atoms with van der Waals surface area (Å²) in [6, 6.07) is 5.76. The highest BCUT2D eigenvalue weighted by atomic mass is 32.2. The molecular formula is C17H18N4O3S2. The van der Waals surface area contributed by atoms with E-state index in [1.54, 1.807) is 14.2 Å². The van der Waals surface area contributed by atoms with Crippen LogP contribution >= 0.6 is 23.1 Å². The summed E-state index contributed by atoms with van der Waals surface area (Å²) in [5, 5.41) is 13.6. The number of pyridine rings is 1. The van der Waals surface area contributed by atoms with Crippen LogP contribution in [0.1, 0.15) is 10.6 Å². The van der Waals surface area contributed by atoms with E-state index in [1.807, 2.05) is 32.0 Å². The largest absolute Gasteiger partial charge is 0.493 e. The molecular weight excluding hydrogens is 372 g/mol. The van der Waals surface area contributed by atoms with Crippen LogP contribution in [0.2, 0.25) is 0 Å². The first-order chi connectivity index (χ1) is 12.5. The van der Waals surface area contributed by atoms with Crippen molar-refractivity contribution in [2.24, 2.45) is 0 Å². The Morgan fingerprint density at radius 1 is 1.15 bits per heavy atom. The van der Waals surface area contributed by atoms with Crippen LogP contribution in [0.5, 0.6) is 11.5 Å². The second kappa shape index (κ2) is 7.88. The third kappa shape index (κ3) is 4.05. The number of methoxy groups -OCH3 is 2. The Kier molecular flexibility index (Phi) is 5.58. The van der Waals surface area contributed by atoms with Gasteiger partial charge in [0.15, 0.2) is 11.5 Å². The lowest BCUT2D eigenvalue weighted by molar-refractivity contribution is -0.113. The van der Waals surface area contributed by atoms with Crippen molar-refractivity contribution in [3.63, 3.8) is 0 Å². The van der Waals surface area contributed by atoms with Crippen molar-refractivity contribution in [1.82, 2.24) is 15.2 Å². The van der Waals surface area contributed by atoms with Crippen LogP contribution in [0.3, 0.4) is 0 Å². The van der Waals surface area contributed by atoms with Gasteiger partial charge in [0.1, 0.15) is 10.0 Å². The van der Waals surface area contributed by atoms with E-state index in [4.69, 9.17) is 9.47 Å². The lowest BCUT2D eigenvalue weighted by Gasteiger charge is -2.11. The molecule has 26 heavy (non-hydrogen) atoms. The smallest absolute Gasteiger partial charge is 0.236 e. The Bertz CT molecular complexity index is 959. The molecule has 0 aliphatic rings. The number of hydrogen-bond acceptors (Lipinski definition) is 8. The first-order valence-corrected chi connectivity index (χ1v) is 9.56. The van der Waals surface area contributed by atoms with Gasteiger partial charge in [-0.25, -0.2) is 4.98 Å². The van der Waals surface area contributed by atoms with Gasteiger partial charge in [-0.2, -0.15) is 0 Å². The molecule has 0 spiro atoms. The normalized spacial score (nSPS) is 10.8. The summed E-state index contributed by atoms with van der Waals surface area (Å²) in [6.45, 7) is 3.81. The number of nitrogens with one attached hydrogen (secondary N) is 1. The lowest BCUT2D eigenvalue weighted by atomic mass is 10.1. The molecule has 0 bridgehead atoms. The van der Waals surface area contributed by atoms with Crippen molar-refractivity contribution < 1.29 is 14.3 Å². The van der Waals surface area contributed by atoms with Gasteiger partial charge in [0.05, 0.1) is 25.5 Å². The Morgan fingerprint density at radius 3 is 2.54 bits per heavy atom. The number of ether oxygens (including phenoxy) is 2. The van der Waals surface area contributed by atoms with E-state index < -0.39 is 0 Å². The molecule has 0 saturated carbocycles. The summed E-state index contributed by atoms with van der Waals surface area (Å²) < 4.78 is 10.7. The molecule has 136 valence electrons. The third-order valence-corrected chi connectivity index (χ3v) is 5.42. The van der Waals surface area contributed by atoms with E-state index in [0.29, 0.717) is 16.6 Å². The molecule has 0 aliphatic heterocycles. The Hall–Kier alpha value is -2.39. The van der Waals surface area contributed by atoms with Crippen LogP contribution in [-0.2, 0) is 4.79 Å². The number of thioether (sulfide) groups is 1. The quantitative estimate of drug-likeness (QED) is 0.645. The lowest BCUT2D eigenvalue weighted by Crippen LogP contribution is -2.14. The van der Waals surface area contributed by atoms with Crippen molar-refractivity contribution in [3.05, 3.63) is 28.8 Å². The minimum absolute atomic E-state index is 0.139. The van der Waals surface area contributed by atoms with Gasteiger partial charge in [-0.1, -0.05) is 23.1 Å². The maximum absolute atomic E-state index is 12.1. The van der Waals surface area contributed by atoms with Crippen molar-refractivity contribution in [1.29, 1.82) is 0 Å². The van der Waals surface area contributed by atoms with Crippen molar-refractivity contribution in [2.45, 2.75) is 18.9 Å². The number of amides is 1. The van der Waals surface area contributed by atoms with Crippen LogP contribution in [0.25, 0.3) is 10.9 Å². The van der Waals surface area contributed by atoms with Crippen LogP contribution in [0.15, 0.2) is 23.2 Å². The molecule has 2 heterocycles. The molecule has 0 unspecified atom stereocenters. The number of aryl methyl sites for hydroxylation is 2. The minimum atomic E-state index is -0.139.